The van der Waals surface area contributed by atoms with Crippen LogP contribution in [0.1, 0.15) is 31.7 Å². The molecule has 2 unspecified atom stereocenters. The van der Waals surface area contributed by atoms with Gasteiger partial charge in [0.05, 0.1) is 12.0 Å². The highest BCUT2D eigenvalue weighted by molar-refractivity contribution is 7.10. The van der Waals surface area contributed by atoms with Gasteiger partial charge in [-0.2, -0.15) is 5.26 Å². The molecule has 3 heteroatoms. The highest BCUT2D eigenvalue weighted by atomic mass is 32.1. The third-order valence-corrected chi connectivity index (χ3v) is 3.34. The van der Waals surface area contributed by atoms with Gasteiger partial charge in [-0.15, -0.1) is 11.3 Å². The lowest BCUT2D eigenvalue weighted by Crippen LogP contribution is -2.28. The highest BCUT2D eigenvalue weighted by Crippen LogP contribution is 2.25. The minimum absolute atomic E-state index is 0.0752. The Bertz CT molecular complexity index is 311. The minimum Gasteiger partial charge on any atom is -0.308 e. The second-order valence-corrected chi connectivity index (χ2v) is 5.15. The Kier molecular flexibility index (Phi) is 4.80. The van der Waals surface area contributed by atoms with E-state index in [0.29, 0.717) is 12.0 Å². The van der Waals surface area contributed by atoms with Crippen LogP contribution in [0.3, 0.4) is 0 Å². The predicted molar refractivity (Wildman–Crippen MR) is 64.7 cm³/mol. The van der Waals surface area contributed by atoms with Crippen molar-refractivity contribution in [1.29, 1.82) is 5.26 Å². The van der Waals surface area contributed by atoms with Crippen molar-refractivity contribution in [3.05, 3.63) is 22.4 Å². The molecule has 2 atom stereocenters. The van der Waals surface area contributed by atoms with Gasteiger partial charge < -0.3 is 5.32 Å². The number of nitrogens with one attached hydrogen (secondary N) is 1. The molecule has 82 valence electrons. The molecule has 0 aromatic carbocycles. The average Bonchev–Trinajstić information content (AvgIpc) is 2.70. The molecule has 2 nitrogen and oxygen atoms in total. The molecule has 15 heavy (non-hydrogen) atoms. The third-order valence-electron chi connectivity index (χ3n) is 2.38. The summed E-state index contributed by atoms with van der Waals surface area (Å²) in [5.74, 6) is 0.626. The van der Waals surface area contributed by atoms with E-state index in [1.165, 1.54) is 4.88 Å². The molecular formula is C12H18N2S. The Hall–Kier alpha value is -0.850. The largest absolute Gasteiger partial charge is 0.308 e. The SMILES string of the molecule is CC(C#N)CNC(c1cccs1)C(C)C. The summed E-state index contributed by atoms with van der Waals surface area (Å²) in [6.07, 6.45) is 0. The molecule has 1 aromatic rings. The number of nitriles is 1. The quantitative estimate of drug-likeness (QED) is 0.830. The van der Waals surface area contributed by atoms with Gasteiger partial charge >= 0.3 is 0 Å². The number of nitrogens with zero attached hydrogens (tertiary/aromatic N) is 1. The van der Waals surface area contributed by atoms with Crippen LogP contribution in [-0.2, 0) is 0 Å². The van der Waals surface area contributed by atoms with Crippen molar-refractivity contribution < 1.29 is 0 Å². The van der Waals surface area contributed by atoms with E-state index in [0.717, 1.165) is 6.54 Å². The van der Waals surface area contributed by atoms with Crippen molar-refractivity contribution in [2.24, 2.45) is 11.8 Å². The molecule has 0 amide bonds. The zero-order chi connectivity index (χ0) is 11.3. The van der Waals surface area contributed by atoms with Crippen molar-refractivity contribution in [1.82, 2.24) is 5.32 Å². The molecule has 0 saturated heterocycles. The molecule has 1 heterocycles. The highest BCUT2D eigenvalue weighted by Gasteiger charge is 2.16. The van der Waals surface area contributed by atoms with Crippen LogP contribution in [0.5, 0.6) is 0 Å². The molecule has 1 N–H and O–H groups in total. The second-order valence-electron chi connectivity index (χ2n) is 4.18. The average molecular weight is 222 g/mol. The molecule has 0 spiro atoms. The molecule has 0 radical (unpaired) electrons. The Balaban J connectivity index is 2.57. The molecule has 0 saturated carbocycles. The van der Waals surface area contributed by atoms with Crippen molar-refractivity contribution in [3.8, 4) is 6.07 Å². The van der Waals surface area contributed by atoms with Gasteiger partial charge in [0.2, 0.25) is 0 Å². The van der Waals surface area contributed by atoms with Crippen molar-refractivity contribution >= 4 is 11.3 Å². The summed E-state index contributed by atoms with van der Waals surface area (Å²) >= 11 is 1.77. The number of rotatable bonds is 5. The van der Waals surface area contributed by atoms with Crippen LogP contribution in [-0.4, -0.2) is 6.54 Å². The molecule has 0 aliphatic heterocycles. The van der Waals surface area contributed by atoms with Crippen LogP contribution in [0.15, 0.2) is 17.5 Å². The fraction of sp³-hybridized carbons (Fsp3) is 0.583. The fourth-order valence-corrected chi connectivity index (χ4v) is 2.46. The standard InChI is InChI=1S/C12H18N2S/c1-9(2)12(11-5-4-6-15-11)14-8-10(3)7-13/h4-6,9-10,12,14H,8H2,1-3H3. The number of hydrogen-bond acceptors (Lipinski definition) is 3. The topological polar surface area (TPSA) is 35.8 Å². The van der Waals surface area contributed by atoms with Gasteiger partial charge in [-0.25, -0.2) is 0 Å². The first-order valence-electron chi connectivity index (χ1n) is 5.31. The van der Waals surface area contributed by atoms with Gasteiger partial charge in [0.15, 0.2) is 0 Å². The first-order valence-corrected chi connectivity index (χ1v) is 6.19. The number of thiophene rings is 1. The van der Waals surface area contributed by atoms with Crippen molar-refractivity contribution in [2.45, 2.75) is 26.8 Å². The predicted octanol–water partition coefficient (Wildman–Crippen LogP) is 3.19. The van der Waals surface area contributed by atoms with Gasteiger partial charge in [0.1, 0.15) is 0 Å². The lowest BCUT2D eigenvalue weighted by molar-refractivity contribution is 0.404. The Morgan fingerprint density at radius 3 is 2.67 bits per heavy atom. The van der Waals surface area contributed by atoms with E-state index in [9.17, 15) is 0 Å². The Morgan fingerprint density at radius 1 is 1.47 bits per heavy atom. The molecule has 0 fully saturated rings. The summed E-state index contributed by atoms with van der Waals surface area (Å²) in [5.41, 5.74) is 0. The lowest BCUT2D eigenvalue weighted by Gasteiger charge is -2.21. The molecule has 0 aliphatic carbocycles. The smallest absolute Gasteiger partial charge is 0.0666 e. The zero-order valence-corrected chi connectivity index (χ0v) is 10.3. The fourth-order valence-electron chi connectivity index (χ4n) is 1.48. The van der Waals surface area contributed by atoms with Gasteiger partial charge in [-0.1, -0.05) is 19.9 Å². The maximum Gasteiger partial charge on any atom is 0.0666 e. The van der Waals surface area contributed by atoms with E-state index in [-0.39, 0.29) is 5.92 Å². The van der Waals surface area contributed by atoms with Crippen molar-refractivity contribution in [2.75, 3.05) is 6.54 Å². The molecular weight excluding hydrogens is 204 g/mol. The number of hydrogen-bond donors (Lipinski definition) is 1. The molecule has 1 rings (SSSR count). The van der Waals surface area contributed by atoms with Crippen molar-refractivity contribution in [3.63, 3.8) is 0 Å². The Labute approximate surface area is 95.9 Å². The van der Waals surface area contributed by atoms with E-state index in [2.05, 4.69) is 42.7 Å². The summed E-state index contributed by atoms with van der Waals surface area (Å²) < 4.78 is 0. The monoisotopic (exact) mass is 222 g/mol. The van der Waals surface area contributed by atoms with Gasteiger partial charge in [0.25, 0.3) is 0 Å². The summed E-state index contributed by atoms with van der Waals surface area (Å²) in [5, 5.41) is 14.3. The van der Waals surface area contributed by atoms with E-state index in [1.54, 1.807) is 11.3 Å². The first-order chi connectivity index (χ1) is 7.15. The van der Waals surface area contributed by atoms with Crippen LogP contribution in [0.25, 0.3) is 0 Å². The summed E-state index contributed by atoms with van der Waals surface area (Å²) in [6.45, 7) is 7.11. The summed E-state index contributed by atoms with van der Waals surface area (Å²) in [7, 11) is 0. The summed E-state index contributed by atoms with van der Waals surface area (Å²) in [6, 6.07) is 6.85. The molecule has 0 bridgehead atoms. The third kappa shape index (κ3) is 3.65. The Morgan fingerprint density at radius 2 is 2.20 bits per heavy atom. The zero-order valence-electron chi connectivity index (χ0n) is 9.53. The summed E-state index contributed by atoms with van der Waals surface area (Å²) in [4.78, 5) is 1.36. The second kappa shape index (κ2) is 5.89. The minimum atomic E-state index is 0.0752. The van der Waals surface area contributed by atoms with Crippen LogP contribution in [0, 0.1) is 23.2 Å². The van der Waals surface area contributed by atoms with E-state index in [1.807, 2.05) is 6.92 Å². The maximum absolute atomic E-state index is 8.73. The van der Waals surface area contributed by atoms with Crippen LogP contribution < -0.4 is 5.32 Å². The van der Waals surface area contributed by atoms with Crippen LogP contribution >= 0.6 is 11.3 Å². The van der Waals surface area contributed by atoms with Gasteiger partial charge in [-0.3, -0.25) is 0 Å². The van der Waals surface area contributed by atoms with E-state index >= 15 is 0 Å². The normalized spacial score (nSPS) is 14.9. The van der Waals surface area contributed by atoms with Gasteiger partial charge in [0, 0.05) is 17.5 Å². The molecule has 0 aliphatic rings. The van der Waals surface area contributed by atoms with Crippen LogP contribution in [0.4, 0.5) is 0 Å². The lowest BCUT2D eigenvalue weighted by atomic mass is 10.0. The first kappa shape index (κ1) is 12.2. The molecule has 1 aromatic heterocycles. The van der Waals surface area contributed by atoms with E-state index in [4.69, 9.17) is 5.26 Å². The van der Waals surface area contributed by atoms with Gasteiger partial charge in [-0.05, 0) is 24.3 Å². The van der Waals surface area contributed by atoms with E-state index < -0.39 is 0 Å². The maximum atomic E-state index is 8.73. The van der Waals surface area contributed by atoms with Crippen LogP contribution in [0.2, 0.25) is 0 Å².